The first-order valence-electron chi connectivity index (χ1n) is 9.27. The molecule has 1 aliphatic rings. The molecular weight excluding hydrogens is 365 g/mol. The van der Waals surface area contributed by atoms with Gasteiger partial charge in [0.2, 0.25) is 0 Å². The Labute approximate surface area is 163 Å². The predicted molar refractivity (Wildman–Crippen MR) is 103 cm³/mol. The smallest absolute Gasteiger partial charge is 0.416 e. The van der Waals surface area contributed by atoms with Gasteiger partial charge in [-0.15, -0.1) is 0 Å². The Hall–Kier alpha value is -2.30. The van der Waals surface area contributed by atoms with Crippen molar-refractivity contribution in [1.82, 2.24) is 0 Å². The third-order valence-corrected chi connectivity index (χ3v) is 5.09. The minimum atomic E-state index is -4.47. The maximum Gasteiger partial charge on any atom is 0.416 e. The van der Waals surface area contributed by atoms with Crippen molar-refractivity contribution in [2.45, 2.75) is 64.5 Å². The molecule has 2 nitrogen and oxygen atoms in total. The van der Waals surface area contributed by atoms with Crippen LogP contribution in [0.3, 0.4) is 0 Å². The van der Waals surface area contributed by atoms with Gasteiger partial charge in [0.25, 0.3) is 0 Å². The monoisotopic (exact) mass is 390 g/mol. The highest BCUT2D eigenvalue weighted by Gasteiger charge is 2.40. The average Bonchev–Trinajstić information content (AvgIpc) is 2.87. The van der Waals surface area contributed by atoms with Crippen molar-refractivity contribution in [2.75, 3.05) is 0 Å². The van der Waals surface area contributed by atoms with Gasteiger partial charge < -0.3 is 4.74 Å². The number of carbonyl (C=O) groups excluding carboxylic acids is 1. The lowest BCUT2D eigenvalue weighted by molar-refractivity contribution is -0.138. The van der Waals surface area contributed by atoms with E-state index < -0.39 is 23.6 Å². The highest BCUT2D eigenvalue weighted by molar-refractivity contribution is 5.90. The van der Waals surface area contributed by atoms with Crippen molar-refractivity contribution in [3.63, 3.8) is 0 Å². The van der Waals surface area contributed by atoms with Crippen LogP contribution >= 0.6 is 0 Å². The summed E-state index contributed by atoms with van der Waals surface area (Å²) in [5, 5.41) is 0. The zero-order valence-corrected chi connectivity index (χ0v) is 17.0. The van der Waals surface area contributed by atoms with Gasteiger partial charge in [-0.05, 0) is 28.0 Å². The lowest BCUT2D eigenvalue weighted by Crippen LogP contribution is -2.17. The van der Waals surface area contributed by atoms with Gasteiger partial charge in [-0.25, -0.2) is 0 Å². The SMILES string of the molecule is CC(C)(C)c1cc2c(c(C(C)(C)C)c1)OC(=O)C2c1cccc(C(F)(F)F)c1. The summed E-state index contributed by atoms with van der Waals surface area (Å²) in [5.41, 5.74) is 1.61. The Bertz CT molecular complexity index is 928. The molecule has 0 fully saturated rings. The summed E-state index contributed by atoms with van der Waals surface area (Å²) in [6.07, 6.45) is -4.47. The van der Waals surface area contributed by atoms with E-state index in [9.17, 15) is 18.0 Å². The van der Waals surface area contributed by atoms with Gasteiger partial charge in [-0.1, -0.05) is 71.9 Å². The molecule has 0 N–H and O–H groups in total. The van der Waals surface area contributed by atoms with Gasteiger partial charge in [0.15, 0.2) is 0 Å². The van der Waals surface area contributed by atoms with E-state index in [0.717, 1.165) is 23.3 Å². The number of hydrogen-bond donors (Lipinski definition) is 0. The number of benzene rings is 2. The molecule has 1 unspecified atom stereocenters. The maximum atomic E-state index is 13.2. The topological polar surface area (TPSA) is 26.3 Å². The molecule has 5 heteroatoms. The van der Waals surface area contributed by atoms with Gasteiger partial charge in [0, 0.05) is 11.1 Å². The summed E-state index contributed by atoms with van der Waals surface area (Å²) in [6.45, 7) is 12.3. The van der Waals surface area contributed by atoms with Crippen LogP contribution in [0.15, 0.2) is 36.4 Å². The van der Waals surface area contributed by atoms with Crippen molar-refractivity contribution in [1.29, 1.82) is 0 Å². The largest absolute Gasteiger partial charge is 0.425 e. The maximum absolute atomic E-state index is 13.2. The van der Waals surface area contributed by atoms with Gasteiger partial charge in [-0.3, -0.25) is 4.79 Å². The van der Waals surface area contributed by atoms with E-state index in [2.05, 4.69) is 20.8 Å². The van der Waals surface area contributed by atoms with Crippen LogP contribution in [-0.4, -0.2) is 5.97 Å². The van der Waals surface area contributed by atoms with E-state index in [4.69, 9.17) is 4.74 Å². The van der Waals surface area contributed by atoms with Crippen LogP contribution in [0.5, 0.6) is 5.75 Å². The van der Waals surface area contributed by atoms with Crippen LogP contribution in [0.4, 0.5) is 13.2 Å². The molecular formula is C23H25F3O2. The standard InChI is InChI=1S/C23H25F3O2/c1-21(2,3)15-11-16-18(13-8-7-9-14(10-13)23(24,25)26)20(27)28-19(16)17(12-15)22(4,5)6/h7-12,18H,1-6H3. The molecule has 2 aromatic rings. The zero-order chi connectivity index (χ0) is 21.1. The highest BCUT2D eigenvalue weighted by Crippen LogP contribution is 2.47. The fourth-order valence-corrected chi connectivity index (χ4v) is 3.47. The predicted octanol–water partition coefficient (Wildman–Crippen LogP) is 6.35. The van der Waals surface area contributed by atoms with Crippen molar-refractivity contribution in [3.8, 4) is 5.75 Å². The quantitative estimate of drug-likeness (QED) is 0.419. The van der Waals surface area contributed by atoms with E-state index in [1.54, 1.807) is 6.07 Å². The number of alkyl halides is 3. The molecule has 0 saturated carbocycles. The van der Waals surface area contributed by atoms with E-state index in [-0.39, 0.29) is 10.8 Å². The molecule has 1 atom stereocenters. The van der Waals surface area contributed by atoms with Crippen molar-refractivity contribution < 1.29 is 22.7 Å². The molecule has 0 spiro atoms. The Kier molecular flexibility index (Phi) is 4.64. The third kappa shape index (κ3) is 3.67. The number of esters is 1. The molecule has 0 bridgehead atoms. The average molecular weight is 390 g/mol. The van der Waals surface area contributed by atoms with Crippen LogP contribution in [0.25, 0.3) is 0 Å². The Morgan fingerprint density at radius 3 is 2.04 bits per heavy atom. The van der Waals surface area contributed by atoms with Crippen molar-refractivity contribution in [3.05, 3.63) is 64.2 Å². The molecule has 28 heavy (non-hydrogen) atoms. The van der Waals surface area contributed by atoms with E-state index in [0.29, 0.717) is 16.9 Å². The molecule has 0 amide bonds. The van der Waals surface area contributed by atoms with Crippen molar-refractivity contribution >= 4 is 5.97 Å². The Balaban J connectivity index is 2.24. The number of hydrogen-bond acceptors (Lipinski definition) is 2. The van der Waals surface area contributed by atoms with Crippen LogP contribution in [-0.2, 0) is 21.8 Å². The van der Waals surface area contributed by atoms with E-state index >= 15 is 0 Å². The molecule has 150 valence electrons. The second-order valence-corrected chi connectivity index (χ2v) is 9.42. The number of fused-ring (bicyclic) bond motifs is 1. The highest BCUT2D eigenvalue weighted by atomic mass is 19.4. The summed E-state index contributed by atoms with van der Waals surface area (Å²) >= 11 is 0. The Morgan fingerprint density at radius 2 is 1.50 bits per heavy atom. The third-order valence-electron chi connectivity index (χ3n) is 5.09. The summed E-state index contributed by atoms with van der Waals surface area (Å²) < 4.78 is 45.1. The number of ether oxygens (including phenoxy) is 1. The van der Waals surface area contributed by atoms with E-state index in [1.807, 2.05) is 32.9 Å². The molecule has 1 aliphatic heterocycles. The number of carbonyl (C=O) groups is 1. The van der Waals surface area contributed by atoms with Gasteiger partial charge in [0.05, 0.1) is 5.56 Å². The lowest BCUT2D eigenvalue weighted by atomic mass is 9.77. The first-order valence-corrected chi connectivity index (χ1v) is 9.27. The first kappa shape index (κ1) is 20.4. The van der Waals surface area contributed by atoms with Crippen LogP contribution < -0.4 is 4.74 Å². The molecule has 0 aliphatic carbocycles. The second kappa shape index (κ2) is 6.36. The molecule has 0 radical (unpaired) electrons. The Morgan fingerprint density at radius 1 is 0.857 bits per heavy atom. The van der Waals surface area contributed by atoms with Gasteiger partial charge in [0.1, 0.15) is 11.7 Å². The van der Waals surface area contributed by atoms with Crippen molar-refractivity contribution in [2.24, 2.45) is 0 Å². The van der Waals surface area contributed by atoms with E-state index in [1.165, 1.54) is 6.07 Å². The van der Waals surface area contributed by atoms with Gasteiger partial charge >= 0.3 is 12.1 Å². The second-order valence-electron chi connectivity index (χ2n) is 9.42. The van der Waals surface area contributed by atoms with Crippen LogP contribution in [0, 0.1) is 0 Å². The fraction of sp³-hybridized carbons (Fsp3) is 0.435. The van der Waals surface area contributed by atoms with Gasteiger partial charge in [-0.2, -0.15) is 13.2 Å². The minimum absolute atomic E-state index is 0.182. The minimum Gasteiger partial charge on any atom is -0.425 e. The molecule has 0 aromatic heterocycles. The normalized spacial score (nSPS) is 17.5. The van der Waals surface area contributed by atoms with Crippen LogP contribution in [0.2, 0.25) is 0 Å². The fourth-order valence-electron chi connectivity index (χ4n) is 3.47. The number of rotatable bonds is 1. The summed E-state index contributed by atoms with van der Waals surface area (Å²) in [5.74, 6) is -0.917. The number of halogens is 3. The molecule has 3 rings (SSSR count). The zero-order valence-electron chi connectivity index (χ0n) is 17.0. The van der Waals surface area contributed by atoms with Crippen LogP contribution in [0.1, 0.15) is 75.3 Å². The summed E-state index contributed by atoms with van der Waals surface area (Å²) in [4.78, 5) is 12.7. The first-order chi connectivity index (χ1) is 12.7. The molecule has 0 saturated heterocycles. The summed E-state index contributed by atoms with van der Waals surface area (Å²) in [6, 6.07) is 8.89. The molecule has 1 heterocycles. The molecule has 2 aromatic carbocycles. The lowest BCUT2D eigenvalue weighted by Gasteiger charge is -2.27. The summed E-state index contributed by atoms with van der Waals surface area (Å²) in [7, 11) is 0.